The molecule has 2 aromatic heterocycles. The van der Waals surface area contributed by atoms with Crippen LogP contribution in [-0.2, 0) is 10.5 Å². The summed E-state index contributed by atoms with van der Waals surface area (Å²) in [5.74, 6) is 2.10. The molecule has 1 amide bonds. The van der Waals surface area contributed by atoms with Gasteiger partial charge in [-0.2, -0.15) is 0 Å². The lowest BCUT2D eigenvalue weighted by molar-refractivity contribution is -0.115. The van der Waals surface area contributed by atoms with Gasteiger partial charge in [-0.25, -0.2) is 4.98 Å². The molecule has 0 bridgehead atoms. The quantitative estimate of drug-likeness (QED) is 0.910. The SMILES string of the molecule is Cc1ccnc(NC(=O)C(C)SCc2ccco2)c1. The highest BCUT2D eigenvalue weighted by atomic mass is 32.2. The fraction of sp³-hybridized carbons (Fsp3) is 0.286. The van der Waals surface area contributed by atoms with Crippen LogP contribution in [0.5, 0.6) is 0 Å². The average Bonchev–Trinajstić information content (AvgIpc) is 2.89. The molecule has 4 nitrogen and oxygen atoms in total. The number of amides is 1. The van der Waals surface area contributed by atoms with Crippen LogP contribution in [0.1, 0.15) is 18.2 Å². The molecule has 0 aliphatic carbocycles. The van der Waals surface area contributed by atoms with Gasteiger partial charge in [0.2, 0.25) is 5.91 Å². The Morgan fingerprint density at radius 2 is 2.37 bits per heavy atom. The lowest BCUT2D eigenvalue weighted by atomic mass is 10.3. The van der Waals surface area contributed by atoms with Gasteiger partial charge in [-0.1, -0.05) is 0 Å². The Bertz CT molecular complexity index is 540. The van der Waals surface area contributed by atoms with Gasteiger partial charge in [0, 0.05) is 6.20 Å². The summed E-state index contributed by atoms with van der Waals surface area (Å²) in [4.78, 5) is 16.1. The Hall–Kier alpha value is -1.75. The molecule has 0 fully saturated rings. The molecule has 0 spiro atoms. The van der Waals surface area contributed by atoms with Crippen molar-refractivity contribution >= 4 is 23.5 Å². The minimum absolute atomic E-state index is 0.0466. The first-order valence-corrected chi connectivity index (χ1v) is 7.07. The van der Waals surface area contributed by atoms with Crippen molar-refractivity contribution < 1.29 is 9.21 Å². The molecule has 19 heavy (non-hydrogen) atoms. The van der Waals surface area contributed by atoms with Gasteiger partial charge in [0.05, 0.1) is 17.3 Å². The molecule has 0 radical (unpaired) electrons. The second-order valence-corrected chi connectivity index (χ2v) is 5.57. The summed E-state index contributed by atoms with van der Waals surface area (Å²) in [7, 11) is 0. The molecule has 2 heterocycles. The third kappa shape index (κ3) is 4.13. The van der Waals surface area contributed by atoms with Crippen LogP contribution >= 0.6 is 11.8 Å². The number of thioether (sulfide) groups is 1. The first-order chi connectivity index (χ1) is 9.15. The fourth-order valence-corrected chi connectivity index (χ4v) is 2.30. The Balaban J connectivity index is 1.85. The van der Waals surface area contributed by atoms with E-state index in [1.54, 1.807) is 12.5 Å². The number of pyridine rings is 1. The number of aryl methyl sites for hydroxylation is 1. The maximum absolute atomic E-state index is 12.0. The van der Waals surface area contributed by atoms with Crippen molar-refractivity contribution in [3.8, 4) is 0 Å². The Labute approximate surface area is 116 Å². The molecule has 0 saturated heterocycles. The van der Waals surface area contributed by atoms with E-state index in [4.69, 9.17) is 4.42 Å². The Kier molecular flexibility index (Phi) is 4.63. The molecule has 2 rings (SSSR count). The lowest BCUT2D eigenvalue weighted by Crippen LogP contribution is -2.23. The second kappa shape index (κ2) is 6.43. The second-order valence-electron chi connectivity index (χ2n) is 4.24. The van der Waals surface area contributed by atoms with Gasteiger partial charge in [0.15, 0.2) is 0 Å². The number of hydrogen-bond donors (Lipinski definition) is 1. The van der Waals surface area contributed by atoms with Crippen LogP contribution in [0.15, 0.2) is 41.1 Å². The summed E-state index contributed by atoms with van der Waals surface area (Å²) in [6, 6.07) is 7.49. The van der Waals surface area contributed by atoms with Crippen molar-refractivity contribution in [2.45, 2.75) is 24.9 Å². The van der Waals surface area contributed by atoms with Crippen molar-refractivity contribution in [1.82, 2.24) is 4.98 Å². The van der Waals surface area contributed by atoms with Crippen LogP contribution < -0.4 is 5.32 Å². The molecule has 0 saturated carbocycles. The van der Waals surface area contributed by atoms with Crippen LogP contribution in [0.25, 0.3) is 0 Å². The van der Waals surface area contributed by atoms with Gasteiger partial charge < -0.3 is 9.73 Å². The topological polar surface area (TPSA) is 55.1 Å². The predicted molar refractivity (Wildman–Crippen MR) is 77.1 cm³/mol. The average molecular weight is 276 g/mol. The molecule has 0 aromatic carbocycles. The standard InChI is InChI=1S/C14H16N2O2S/c1-10-5-6-15-13(8-10)16-14(17)11(2)19-9-12-4-3-7-18-12/h3-8,11H,9H2,1-2H3,(H,15,16,17). The van der Waals surface area contributed by atoms with Crippen LogP contribution in [0.4, 0.5) is 5.82 Å². The van der Waals surface area contributed by atoms with E-state index >= 15 is 0 Å². The van der Waals surface area contributed by atoms with E-state index < -0.39 is 0 Å². The minimum atomic E-state index is -0.160. The maximum Gasteiger partial charge on any atom is 0.238 e. The minimum Gasteiger partial charge on any atom is -0.468 e. The van der Waals surface area contributed by atoms with E-state index in [0.29, 0.717) is 11.6 Å². The van der Waals surface area contributed by atoms with E-state index in [2.05, 4.69) is 10.3 Å². The van der Waals surface area contributed by atoms with E-state index in [1.807, 2.05) is 38.1 Å². The third-order valence-corrected chi connectivity index (χ3v) is 3.76. The largest absolute Gasteiger partial charge is 0.468 e. The van der Waals surface area contributed by atoms with E-state index in [9.17, 15) is 4.79 Å². The Morgan fingerprint density at radius 1 is 1.53 bits per heavy atom. The van der Waals surface area contributed by atoms with E-state index in [0.717, 1.165) is 11.3 Å². The highest BCUT2D eigenvalue weighted by Gasteiger charge is 2.14. The highest BCUT2D eigenvalue weighted by Crippen LogP contribution is 2.19. The van der Waals surface area contributed by atoms with Crippen molar-refractivity contribution in [3.63, 3.8) is 0 Å². The summed E-state index contributed by atoms with van der Waals surface area (Å²) in [5, 5.41) is 2.65. The van der Waals surface area contributed by atoms with Gasteiger partial charge in [-0.15, -0.1) is 11.8 Å². The summed E-state index contributed by atoms with van der Waals surface area (Å²) in [6.07, 6.45) is 3.32. The number of rotatable bonds is 5. The molecule has 0 aliphatic heterocycles. The molecule has 2 aromatic rings. The summed E-state index contributed by atoms with van der Waals surface area (Å²) >= 11 is 1.53. The van der Waals surface area contributed by atoms with Crippen molar-refractivity contribution in [2.24, 2.45) is 0 Å². The molecule has 0 aliphatic rings. The van der Waals surface area contributed by atoms with Crippen molar-refractivity contribution in [2.75, 3.05) is 5.32 Å². The van der Waals surface area contributed by atoms with Gasteiger partial charge in [0.1, 0.15) is 11.6 Å². The number of nitrogens with zero attached hydrogens (tertiary/aromatic N) is 1. The fourth-order valence-electron chi connectivity index (χ4n) is 1.51. The van der Waals surface area contributed by atoms with Crippen LogP contribution in [0.3, 0.4) is 0 Å². The molecule has 100 valence electrons. The maximum atomic E-state index is 12.0. The Morgan fingerprint density at radius 3 is 3.05 bits per heavy atom. The van der Waals surface area contributed by atoms with Crippen molar-refractivity contribution in [1.29, 1.82) is 0 Å². The van der Waals surface area contributed by atoms with Gasteiger partial charge in [0.25, 0.3) is 0 Å². The van der Waals surface area contributed by atoms with Crippen LogP contribution in [-0.4, -0.2) is 16.1 Å². The molecule has 5 heteroatoms. The molecule has 1 atom stereocenters. The first kappa shape index (κ1) is 13.7. The zero-order valence-electron chi connectivity index (χ0n) is 10.9. The van der Waals surface area contributed by atoms with E-state index in [-0.39, 0.29) is 11.2 Å². The van der Waals surface area contributed by atoms with Gasteiger partial charge >= 0.3 is 0 Å². The van der Waals surface area contributed by atoms with Gasteiger partial charge in [-0.05, 0) is 43.7 Å². The number of carbonyl (C=O) groups is 1. The molecule has 1 N–H and O–H groups in total. The highest BCUT2D eigenvalue weighted by molar-refractivity contribution is 7.99. The lowest BCUT2D eigenvalue weighted by Gasteiger charge is -2.10. The first-order valence-electron chi connectivity index (χ1n) is 6.02. The third-order valence-electron chi connectivity index (χ3n) is 2.59. The smallest absolute Gasteiger partial charge is 0.238 e. The normalized spacial score (nSPS) is 12.1. The van der Waals surface area contributed by atoms with Crippen LogP contribution in [0, 0.1) is 6.92 Å². The zero-order chi connectivity index (χ0) is 13.7. The molecular weight excluding hydrogens is 260 g/mol. The summed E-state index contributed by atoms with van der Waals surface area (Å²) < 4.78 is 5.23. The monoisotopic (exact) mass is 276 g/mol. The zero-order valence-corrected chi connectivity index (χ0v) is 11.7. The van der Waals surface area contributed by atoms with Crippen LogP contribution in [0.2, 0.25) is 0 Å². The van der Waals surface area contributed by atoms with E-state index in [1.165, 1.54) is 11.8 Å². The van der Waals surface area contributed by atoms with Gasteiger partial charge in [-0.3, -0.25) is 4.79 Å². The number of anilines is 1. The predicted octanol–water partition coefficient (Wildman–Crippen LogP) is 3.24. The number of carbonyl (C=O) groups excluding carboxylic acids is 1. The summed E-state index contributed by atoms with van der Waals surface area (Å²) in [6.45, 7) is 3.84. The number of hydrogen-bond acceptors (Lipinski definition) is 4. The number of nitrogens with one attached hydrogen (secondary N) is 1. The summed E-state index contributed by atoms with van der Waals surface area (Å²) in [5.41, 5.74) is 1.07. The number of aromatic nitrogens is 1. The number of furan rings is 1. The van der Waals surface area contributed by atoms with Crippen molar-refractivity contribution in [3.05, 3.63) is 48.0 Å². The molecular formula is C14H16N2O2S. The molecule has 1 unspecified atom stereocenters.